The molecule has 6 rings (SSSR count). The van der Waals surface area contributed by atoms with Gasteiger partial charge in [-0.3, -0.25) is 19.2 Å². The second-order valence-corrected chi connectivity index (χ2v) is 11.1. The molecule has 4 aromatic carbocycles. The maximum atomic E-state index is 12.3. The molecule has 4 N–H and O–H groups in total. The lowest BCUT2D eigenvalue weighted by Crippen LogP contribution is -2.13. The smallest absolute Gasteiger partial charge is 0.310 e. The van der Waals surface area contributed by atoms with Crippen molar-refractivity contribution in [2.45, 2.75) is 25.9 Å². The Hall–Kier alpha value is -6.30. The summed E-state index contributed by atoms with van der Waals surface area (Å²) in [5.41, 5.74) is 17.3. The van der Waals surface area contributed by atoms with Gasteiger partial charge in [0.2, 0.25) is 11.8 Å². The number of ether oxygens (including phenoxy) is 2. The highest BCUT2D eigenvalue weighted by Crippen LogP contribution is 2.32. The first-order valence-electron chi connectivity index (χ1n) is 15.1. The Balaban J connectivity index is 1.52. The molecule has 6 aromatic rings. The van der Waals surface area contributed by atoms with Gasteiger partial charge < -0.3 is 30.1 Å². The summed E-state index contributed by atoms with van der Waals surface area (Å²) in [6.45, 7) is 0.757. The molecule has 12 heteroatoms. The van der Waals surface area contributed by atoms with E-state index in [1.54, 1.807) is 36.4 Å². The fourth-order valence-corrected chi connectivity index (χ4v) is 5.87. The van der Waals surface area contributed by atoms with Crippen LogP contribution in [0.15, 0.2) is 84.9 Å². The van der Waals surface area contributed by atoms with E-state index in [1.807, 2.05) is 57.7 Å². The molecule has 242 valence electrons. The number of primary amides is 2. The summed E-state index contributed by atoms with van der Waals surface area (Å²) in [4.78, 5) is 58.6. The third-order valence-electron chi connectivity index (χ3n) is 8.25. The first-order chi connectivity index (χ1) is 23.2. The molecule has 0 aliphatic heterocycles. The van der Waals surface area contributed by atoms with Crippen LogP contribution in [0.3, 0.4) is 0 Å². The van der Waals surface area contributed by atoms with E-state index in [0.717, 1.165) is 33.3 Å². The summed E-state index contributed by atoms with van der Waals surface area (Å²) in [5.74, 6) is -0.768. The Morgan fingerprint density at radius 2 is 1.00 bits per heavy atom. The molecule has 0 atom stereocenters. The number of fused-ring (bicyclic) bond motifs is 2. The van der Waals surface area contributed by atoms with Gasteiger partial charge in [-0.2, -0.15) is 0 Å². The average Bonchev–Trinajstić information content (AvgIpc) is 3.64. The standard InChI is InChI=1S/C36H32N6O6/c1-47-31(43)19-21-7-3-5-9-25(21)35-39-27-17-23(33(37)45)11-13-29(27)41(35)15-16-42-30-14-12-24(34(38)46)18-28(30)40-36(42)26-10-6-4-8-22(26)20-32(44)48-2/h3-14,17-18H,15-16,19-20H2,1-2H3,(H2,37,45)(H2,38,46). The van der Waals surface area contributed by atoms with Crippen LogP contribution in [-0.2, 0) is 45.0 Å². The van der Waals surface area contributed by atoms with E-state index in [4.69, 9.17) is 30.9 Å². The molecule has 0 unspecified atom stereocenters. The van der Waals surface area contributed by atoms with Crippen molar-refractivity contribution in [3.63, 3.8) is 0 Å². The van der Waals surface area contributed by atoms with Gasteiger partial charge in [-0.1, -0.05) is 48.5 Å². The number of nitrogens with zero attached hydrogens (tertiary/aromatic N) is 4. The Morgan fingerprint density at radius 1 is 0.604 bits per heavy atom. The predicted molar refractivity (Wildman–Crippen MR) is 179 cm³/mol. The van der Waals surface area contributed by atoms with Gasteiger partial charge >= 0.3 is 11.9 Å². The van der Waals surface area contributed by atoms with Crippen molar-refractivity contribution in [2.75, 3.05) is 14.2 Å². The quantitative estimate of drug-likeness (QED) is 0.199. The Morgan fingerprint density at radius 3 is 1.38 bits per heavy atom. The van der Waals surface area contributed by atoms with Crippen molar-refractivity contribution in [1.29, 1.82) is 0 Å². The second-order valence-electron chi connectivity index (χ2n) is 11.1. The van der Waals surface area contributed by atoms with Crippen LogP contribution in [0.2, 0.25) is 0 Å². The highest BCUT2D eigenvalue weighted by Gasteiger charge is 2.21. The highest BCUT2D eigenvalue weighted by molar-refractivity contribution is 5.98. The topological polar surface area (TPSA) is 174 Å². The van der Waals surface area contributed by atoms with Gasteiger partial charge in [0.1, 0.15) is 11.6 Å². The van der Waals surface area contributed by atoms with Gasteiger partial charge in [0.25, 0.3) is 0 Å². The molecular weight excluding hydrogens is 612 g/mol. The molecule has 0 fully saturated rings. The van der Waals surface area contributed by atoms with Gasteiger partial charge in [0.15, 0.2) is 0 Å². The largest absolute Gasteiger partial charge is 0.469 e. The summed E-state index contributed by atoms with van der Waals surface area (Å²) in [6, 6.07) is 25.1. The number of imidazole rings is 2. The van der Waals surface area contributed by atoms with E-state index in [2.05, 4.69) is 0 Å². The zero-order chi connectivity index (χ0) is 33.9. The summed E-state index contributed by atoms with van der Waals surface area (Å²) in [6.07, 6.45) is 0.0792. The van der Waals surface area contributed by atoms with E-state index in [0.29, 0.717) is 46.9 Å². The van der Waals surface area contributed by atoms with Crippen molar-refractivity contribution in [1.82, 2.24) is 19.1 Å². The maximum absolute atomic E-state index is 12.3. The highest BCUT2D eigenvalue weighted by atomic mass is 16.5. The third kappa shape index (κ3) is 6.10. The number of carbonyl (C=O) groups excluding carboxylic acids is 4. The predicted octanol–water partition coefficient (Wildman–Crippen LogP) is 4.05. The second kappa shape index (κ2) is 13.2. The van der Waals surface area contributed by atoms with Crippen molar-refractivity contribution < 1.29 is 28.7 Å². The monoisotopic (exact) mass is 644 g/mol. The first kappa shape index (κ1) is 31.7. The van der Waals surface area contributed by atoms with Gasteiger partial charge in [-0.25, -0.2) is 9.97 Å². The summed E-state index contributed by atoms with van der Waals surface area (Å²) in [7, 11) is 2.68. The van der Waals surface area contributed by atoms with Crippen molar-refractivity contribution in [2.24, 2.45) is 11.5 Å². The van der Waals surface area contributed by atoms with Crippen LogP contribution in [0.1, 0.15) is 31.8 Å². The molecule has 0 aliphatic rings. The molecule has 2 aromatic heterocycles. The minimum Gasteiger partial charge on any atom is -0.469 e. The number of hydrogen-bond donors (Lipinski definition) is 2. The number of methoxy groups -OCH3 is 2. The van der Waals surface area contributed by atoms with Gasteiger partial charge in [-0.05, 0) is 47.5 Å². The zero-order valence-corrected chi connectivity index (χ0v) is 26.3. The molecule has 2 heterocycles. The number of nitrogens with two attached hydrogens (primary N) is 2. The molecular formula is C36H32N6O6. The number of aromatic nitrogens is 4. The van der Waals surface area contributed by atoms with E-state index in [9.17, 15) is 19.2 Å². The van der Waals surface area contributed by atoms with E-state index >= 15 is 0 Å². The number of hydrogen-bond acceptors (Lipinski definition) is 8. The van der Waals surface area contributed by atoms with Crippen LogP contribution in [0.4, 0.5) is 0 Å². The summed E-state index contributed by atoms with van der Waals surface area (Å²) < 4.78 is 13.9. The fourth-order valence-electron chi connectivity index (χ4n) is 5.87. The third-order valence-corrected chi connectivity index (χ3v) is 8.25. The lowest BCUT2D eigenvalue weighted by atomic mass is 10.0. The Bertz CT molecular complexity index is 2080. The molecule has 0 spiro atoms. The van der Waals surface area contributed by atoms with Crippen LogP contribution >= 0.6 is 0 Å². The minimum atomic E-state index is -0.574. The van der Waals surface area contributed by atoms with Crippen LogP contribution in [0.5, 0.6) is 0 Å². The Kier molecular flexibility index (Phi) is 8.71. The van der Waals surface area contributed by atoms with E-state index in [-0.39, 0.29) is 12.8 Å². The average molecular weight is 645 g/mol. The van der Waals surface area contributed by atoms with Crippen molar-refractivity contribution in [3.05, 3.63) is 107 Å². The normalized spacial score (nSPS) is 11.1. The van der Waals surface area contributed by atoms with Crippen LogP contribution in [-0.4, -0.2) is 57.1 Å². The maximum Gasteiger partial charge on any atom is 0.310 e. The van der Waals surface area contributed by atoms with Crippen LogP contribution in [0.25, 0.3) is 44.8 Å². The SMILES string of the molecule is COC(=O)Cc1ccccc1-c1nc2cc(C(N)=O)ccc2n1CCn1c(-c2ccccc2CC(=O)OC)nc2cc(C(N)=O)ccc21. The molecule has 12 nitrogen and oxygen atoms in total. The van der Waals surface area contributed by atoms with Crippen molar-refractivity contribution >= 4 is 45.8 Å². The number of rotatable bonds is 11. The minimum absolute atomic E-state index is 0.0396. The van der Waals surface area contributed by atoms with Gasteiger partial charge in [0.05, 0.1) is 49.1 Å². The molecule has 0 radical (unpaired) electrons. The molecule has 2 amide bonds. The number of aryl methyl sites for hydroxylation is 2. The molecule has 48 heavy (non-hydrogen) atoms. The van der Waals surface area contributed by atoms with E-state index < -0.39 is 23.8 Å². The summed E-state index contributed by atoms with van der Waals surface area (Å²) in [5, 5.41) is 0. The molecule has 0 bridgehead atoms. The lowest BCUT2D eigenvalue weighted by Gasteiger charge is -2.16. The number of benzene rings is 4. The van der Waals surface area contributed by atoms with Crippen LogP contribution < -0.4 is 11.5 Å². The van der Waals surface area contributed by atoms with Gasteiger partial charge in [0, 0.05) is 35.3 Å². The van der Waals surface area contributed by atoms with Gasteiger partial charge in [-0.15, -0.1) is 0 Å². The Labute approximate surface area is 274 Å². The summed E-state index contributed by atoms with van der Waals surface area (Å²) >= 11 is 0. The molecule has 0 saturated carbocycles. The first-order valence-corrected chi connectivity index (χ1v) is 15.1. The van der Waals surface area contributed by atoms with Crippen molar-refractivity contribution in [3.8, 4) is 22.8 Å². The molecule has 0 aliphatic carbocycles. The van der Waals surface area contributed by atoms with Crippen LogP contribution in [0, 0.1) is 0 Å². The fraction of sp³-hybridized carbons (Fsp3) is 0.167. The lowest BCUT2D eigenvalue weighted by molar-refractivity contribution is -0.140. The number of amides is 2. The number of carbonyl (C=O) groups is 4. The zero-order valence-electron chi connectivity index (χ0n) is 26.3. The van der Waals surface area contributed by atoms with E-state index in [1.165, 1.54) is 14.2 Å². The number of esters is 2. The molecule has 0 saturated heterocycles.